The van der Waals surface area contributed by atoms with E-state index < -0.39 is 11.9 Å². The molecule has 3 aromatic rings. The van der Waals surface area contributed by atoms with Crippen LogP contribution in [-0.2, 0) is 23.2 Å². The fourth-order valence-corrected chi connectivity index (χ4v) is 5.17. The lowest BCUT2D eigenvalue weighted by atomic mass is 10.0. The number of hydrogen-bond donors (Lipinski definition) is 1. The maximum atomic E-state index is 12.9. The summed E-state index contributed by atoms with van der Waals surface area (Å²) in [7, 11) is 1.97. The molecule has 0 spiro atoms. The third-order valence-electron chi connectivity index (χ3n) is 5.71. The smallest absolute Gasteiger partial charge is 0.255 e. The summed E-state index contributed by atoms with van der Waals surface area (Å²) in [6.07, 6.45) is 2.41. The third-order valence-corrected chi connectivity index (χ3v) is 6.72. The van der Waals surface area contributed by atoms with E-state index >= 15 is 0 Å². The van der Waals surface area contributed by atoms with Crippen molar-refractivity contribution in [3.63, 3.8) is 0 Å². The third kappa shape index (κ3) is 2.95. The number of nitrogens with zero attached hydrogens (tertiary/aromatic N) is 3. The number of amides is 3. The maximum Gasteiger partial charge on any atom is 0.255 e. The molecule has 7 nitrogen and oxygen atoms in total. The van der Waals surface area contributed by atoms with Crippen LogP contribution in [-0.4, -0.2) is 38.2 Å². The standard InChI is InChI=1S/C22H20N4O3S/c1-12-3-7-17(30-12)20-19(23-11-25(20)2)13-4-5-15-14(9-13)10-26(22(15)29)16-6-8-18(27)24-21(16)28/h3-5,7,9,11,16H,6,8,10H2,1-2H3,(H,24,27,28). The Labute approximate surface area is 177 Å². The lowest BCUT2D eigenvalue weighted by Crippen LogP contribution is -2.52. The second-order valence-electron chi connectivity index (χ2n) is 7.73. The van der Waals surface area contributed by atoms with Crippen LogP contribution in [0, 0.1) is 6.92 Å². The summed E-state index contributed by atoms with van der Waals surface area (Å²) in [4.78, 5) is 45.2. The Morgan fingerprint density at radius 3 is 2.73 bits per heavy atom. The van der Waals surface area contributed by atoms with Crippen LogP contribution in [0.1, 0.15) is 33.6 Å². The fourth-order valence-electron chi connectivity index (χ4n) is 4.22. The van der Waals surface area contributed by atoms with E-state index in [0.717, 1.165) is 27.4 Å². The van der Waals surface area contributed by atoms with Crippen LogP contribution in [0.5, 0.6) is 0 Å². The second-order valence-corrected chi connectivity index (χ2v) is 9.02. The molecule has 4 heterocycles. The summed E-state index contributed by atoms with van der Waals surface area (Å²) >= 11 is 1.72. The van der Waals surface area contributed by atoms with Crippen LogP contribution in [0.4, 0.5) is 0 Å². The van der Waals surface area contributed by atoms with Crippen LogP contribution >= 0.6 is 11.3 Å². The number of carbonyl (C=O) groups is 3. The number of carbonyl (C=O) groups excluding carboxylic acids is 3. The Hall–Kier alpha value is -3.26. The Morgan fingerprint density at radius 2 is 2.00 bits per heavy atom. The van der Waals surface area contributed by atoms with E-state index in [4.69, 9.17) is 0 Å². The lowest BCUT2D eigenvalue weighted by molar-refractivity contribution is -0.136. The number of benzene rings is 1. The van der Waals surface area contributed by atoms with Gasteiger partial charge < -0.3 is 9.47 Å². The molecule has 1 atom stereocenters. The molecule has 8 heteroatoms. The van der Waals surface area contributed by atoms with Gasteiger partial charge in [-0.1, -0.05) is 6.07 Å². The van der Waals surface area contributed by atoms with Crippen molar-refractivity contribution >= 4 is 29.1 Å². The Balaban J connectivity index is 1.49. The van der Waals surface area contributed by atoms with Gasteiger partial charge >= 0.3 is 0 Å². The minimum atomic E-state index is -0.606. The van der Waals surface area contributed by atoms with Gasteiger partial charge in [0.1, 0.15) is 6.04 Å². The van der Waals surface area contributed by atoms with Crippen molar-refractivity contribution in [1.82, 2.24) is 19.8 Å². The van der Waals surface area contributed by atoms with Crippen LogP contribution in [0.15, 0.2) is 36.7 Å². The van der Waals surface area contributed by atoms with E-state index in [9.17, 15) is 14.4 Å². The van der Waals surface area contributed by atoms with E-state index in [0.29, 0.717) is 18.5 Å². The Morgan fingerprint density at radius 1 is 1.17 bits per heavy atom. The van der Waals surface area contributed by atoms with Crippen molar-refractivity contribution in [2.75, 3.05) is 0 Å². The number of piperidine rings is 1. The topological polar surface area (TPSA) is 84.3 Å². The molecule has 3 amide bonds. The molecule has 0 radical (unpaired) electrons. The quantitative estimate of drug-likeness (QED) is 0.661. The first-order valence-electron chi connectivity index (χ1n) is 9.78. The molecule has 1 unspecified atom stereocenters. The summed E-state index contributed by atoms with van der Waals surface area (Å²) in [5.74, 6) is -0.844. The van der Waals surface area contributed by atoms with E-state index in [1.165, 1.54) is 4.88 Å². The van der Waals surface area contributed by atoms with Gasteiger partial charge in [-0.2, -0.15) is 0 Å². The highest BCUT2D eigenvalue weighted by molar-refractivity contribution is 7.15. The van der Waals surface area contributed by atoms with Crippen molar-refractivity contribution in [1.29, 1.82) is 0 Å². The van der Waals surface area contributed by atoms with E-state index in [-0.39, 0.29) is 18.2 Å². The van der Waals surface area contributed by atoms with Gasteiger partial charge in [-0.25, -0.2) is 4.98 Å². The first-order valence-corrected chi connectivity index (χ1v) is 10.6. The number of fused-ring (bicyclic) bond motifs is 1. The second kappa shape index (κ2) is 6.91. The van der Waals surface area contributed by atoms with E-state index in [1.807, 2.05) is 29.8 Å². The van der Waals surface area contributed by atoms with Crippen molar-refractivity contribution in [3.05, 3.63) is 52.7 Å². The van der Waals surface area contributed by atoms with Gasteiger partial charge in [-0.05, 0) is 43.2 Å². The van der Waals surface area contributed by atoms with Crippen molar-refractivity contribution in [2.24, 2.45) is 7.05 Å². The van der Waals surface area contributed by atoms with Gasteiger partial charge in [0.15, 0.2) is 0 Å². The van der Waals surface area contributed by atoms with Crippen LogP contribution in [0.25, 0.3) is 21.8 Å². The zero-order valence-corrected chi connectivity index (χ0v) is 17.5. The molecular formula is C22H20N4O3S. The predicted octanol–water partition coefficient (Wildman–Crippen LogP) is 2.89. The van der Waals surface area contributed by atoms with Gasteiger partial charge in [0, 0.05) is 36.0 Å². The fraction of sp³-hybridized carbons (Fsp3) is 0.273. The number of imidazole rings is 1. The summed E-state index contributed by atoms with van der Waals surface area (Å²) in [5, 5.41) is 2.34. The molecule has 0 saturated carbocycles. The number of hydrogen-bond acceptors (Lipinski definition) is 5. The Kier molecular flexibility index (Phi) is 4.32. The molecular weight excluding hydrogens is 400 g/mol. The molecule has 2 aromatic heterocycles. The normalized spacial score (nSPS) is 18.7. The lowest BCUT2D eigenvalue weighted by Gasteiger charge is -2.29. The average molecular weight is 420 g/mol. The van der Waals surface area contributed by atoms with E-state index in [1.54, 1.807) is 22.6 Å². The number of aryl methyl sites for hydroxylation is 2. The van der Waals surface area contributed by atoms with Gasteiger partial charge in [0.25, 0.3) is 5.91 Å². The largest absolute Gasteiger partial charge is 0.333 e. The predicted molar refractivity (Wildman–Crippen MR) is 113 cm³/mol. The van der Waals surface area contributed by atoms with Gasteiger partial charge in [0.2, 0.25) is 11.8 Å². The molecule has 2 aliphatic heterocycles. The van der Waals surface area contributed by atoms with Crippen LogP contribution < -0.4 is 5.32 Å². The molecule has 152 valence electrons. The number of thiophene rings is 1. The van der Waals surface area contributed by atoms with E-state index in [2.05, 4.69) is 29.4 Å². The average Bonchev–Trinajstić information content (AvgIpc) is 3.39. The molecule has 30 heavy (non-hydrogen) atoms. The zero-order chi connectivity index (χ0) is 21.0. The van der Waals surface area contributed by atoms with Crippen molar-refractivity contribution in [3.8, 4) is 21.8 Å². The monoisotopic (exact) mass is 420 g/mol. The number of rotatable bonds is 3. The van der Waals surface area contributed by atoms with Crippen molar-refractivity contribution in [2.45, 2.75) is 32.4 Å². The summed E-state index contributed by atoms with van der Waals surface area (Å²) in [5.41, 5.74) is 4.33. The highest BCUT2D eigenvalue weighted by Crippen LogP contribution is 2.37. The van der Waals surface area contributed by atoms with Gasteiger partial charge in [-0.15, -0.1) is 11.3 Å². The molecule has 1 aromatic carbocycles. The molecule has 1 saturated heterocycles. The van der Waals surface area contributed by atoms with Gasteiger partial charge in [-0.3, -0.25) is 19.7 Å². The molecule has 1 N–H and O–H groups in total. The number of aromatic nitrogens is 2. The molecule has 1 fully saturated rings. The highest BCUT2D eigenvalue weighted by Gasteiger charge is 2.39. The molecule has 5 rings (SSSR count). The number of imide groups is 1. The van der Waals surface area contributed by atoms with Gasteiger partial charge in [0.05, 0.1) is 22.6 Å². The molecule has 0 aliphatic carbocycles. The number of nitrogens with one attached hydrogen (secondary N) is 1. The summed E-state index contributed by atoms with van der Waals surface area (Å²) < 4.78 is 2.01. The summed E-state index contributed by atoms with van der Waals surface area (Å²) in [6, 6.07) is 9.31. The first-order chi connectivity index (χ1) is 14.4. The van der Waals surface area contributed by atoms with Crippen molar-refractivity contribution < 1.29 is 14.4 Å². The van der Waals surface area contributed by atoms with Crippen LogP contribution in [0.3, 0.4) is 0 Å². The SMILES string of the molecule is Cc1ccc(-c2c(-c3ccc4c(c3)CN(C3CCC(=O)NC3=O)C4=O)ncn2C)s1. The highest BCUT2D eigenvalue weighted by atomic mass is 32.1. The maximum absolute atomic E-state index is 12.9. The zero-order valence-electron chi connectivity index (χ0n) is 16.6. The molecule has 2 aliphatic rings. The molecule has 0 bridgehead atoms. The minimum absolute atomic E-state index is 0.166. The summed E-state index contributed by atoms with van der Waals surface area (Å²) in [6.45, 7) is 2.43. The minimum Gasteiger partial charge on any atom is -0.333 e. The van der Waals surface area contributed by atoms with Crippen LogP contribution in [0.2, 0.25) is 0 Å². The first kappa shape index (κ1) is 18.7. The Bertz CT molecular complexity index is 1210.